The smallest absolute Gasteiger partial charge is 0.161 e. The van der Waals surface area contributed by atoms with Crippen LogP contribution >= 0.6 is 0 Å². The van der Waals surface area contributed by atoms with Gasteiger partial charge in [-0.05, 0) is 18.2 Å². The van der Waals surface area contributed by atoms with Gasteiger partial charge in [-0.15, -0.1) is 0 Å². The number of hydrogen-bond acceptors (Lipinski definition) is 5. The van der Waals surface area contributed by atoms with Gasteiger partial charge >= 0.3 is 0 Å². The van der Waals surface area contributed by atoms with Crippen LogP contribution in [0, 0.1) is 0 Å². The van der Waals surface area contributed by atoms with E-state index in [9.17, 15) is 0 Å². The fourth-order valence-electron chi connectivity index (χ4n) is 1.64. The molecule has 0 saturated carbocycles. The van der Waals surface area contributed by atoms with Crippen molar-refractivity contribution in [2.24, 2.45) is 0 Å². The van der Waals surface area contributed by atoms with E-state index < -0.39 is 0 Å². The standard InChI is InChI=1S/C13H9N5/c1-4-15-12(16-5-1)10-3-8-14-9-11(10)13-17-6-2-7-18-13/h1-9H. The van der Waals surface area contributed by atoms with E-state index in [4.69, 9.17) is 0 Å². The van der Waals surface area contributed by atoms with Gasteiger partial charge in [0.1, 0.15) is 0 Å². The summed E-state index contributed by atoms with van der Waals surface area (Å²) < 4.78 is 0. The molecule has 0 unspecified atom stereocenters. The third-order valence-corrected chi connectivity index (χ3v) is 2.43. The molecule has 0 fully saturated rings. The fraction of sp³-hybridized carbons (Fsp3) is 0. The lowest BCUT2D eigenvalue weighted by molar-refractivity contribution is 1.14. The third-order valence-electron chi connectivity index (χ3n) is 2.43. The lowest BCUT2D eigenvalue weighted by Crippen LogP contribution is -1.94. The fourth-order valence-corrected chi connectivity index (χ4v) is 1.64. The van der Waals surface area contributed by atoms with E-state index in [1.54, 1.807) is 49.3 Å². The number of hydrogen-bond donors (Lipinski definition) is 0. The Kier molecular flexibility index (Phi) is 2.71. The Hall–Kier alpha value is -2.69. The summed E-state index contributed by atoms with van der Waals surface area (Å²) in [5, 5.41) is 0. The Morgan fingerprint density at radius 3 is 1.78 bits per heavy atom. The zero-order valence-corrected chi connectivity index (χ0v) is 9.43. The molecule has 0 aromatic carbocycles. The van der Waals surface area contributed by atoms with Crippen molar-refractivity contribution in [1.82, 2.24) is 24.9 Å². The van der Waals surface area contributed by atoms with Gasteiger partial charge in [-0.25, -0.2) is 19.9 Å². The predicted octanol–water partition coefficient (Wildman–Crippen LogP) is 2.00. The van der Waals surface area contributed by atoms with Crippen LogP contribution in [0.15, 0.2) is 55.4 Å². The van der Waals surface area contributed by atoms with Gasteiger partial charge in [0.25, 0.3) is 0 Å². The number of nitrogens with zero attached hydrogens (tertiary/aromatic N) is 5. The summed E-state index contributed by atoms with van der Waals surface area (Å²) in [6.07, 6.45) is 10.2. The first-order valence-corrected chi connectivity index (χ1v) is 5.44. The number of pyridine rings is 1. The van der Waals surface area contributed by atoms with Crippen molar-refractivity contribution < 1.29 is 0 Å². The highest BCUT2D eigenvalue weighted by Gasteiger charge is 2.10. The monoisotopic (exact) mass is 235 g/mol. The number of aromatic nitrogens is 5. The van der Waals surface area contributed by atoms with Gasteiger partial charge in [-0.3, -0.25) is 4.98 Å². The van der Waals surface area contributed by atoms with Gasteiger partial charge in [0.2, 0.25) is 0 Å². The van der Waals surface area contributed by atoms with E-state index in [0.717, 1.165) is 11.1 Å². The molecule has 0 atom stereocenters. The average Bonchev–Trinajstić information content (AvgIpc) is 2.49. The van der Waals surface area contributed by atoms with Crippen LogP contribution in [0.5, 0.6) is 0 Å². The first-order valence-electron chi connectivity index (χ1n) is 5.44. The Balaban J connectivity index is 2.18. The summed E-state index contributed by atoms with van der Waals surface area (Å²) in [6.45, 7) is 0. The minimum atomic E-state index is 0.619. The van der Waals surface area contributed by atoms with Crippen LogP contribution in [0.4, 0.5) is 0 Å². The highest BCUT2D eigenvalue weighted by atomic mass is 14.9. The van der Waals surface area contributed by atoms with Crippen molar-refractivity contribution in [2.75, 3.05) is 0 Å². The highest BCUT2D eigenvalue weighted by Crippen LogP contribution is 2.25. The van der Waals surface area contributed by atoms with Crippen LogP contribution in [0.3, 0.4) is 0 Å². The third kappa shape index (κ3) is 1.93. The zero-order chi connectivity index (χ0) is 12.2. The highest BCUT2D eigenvalue weighted by molar-refractivity contribution is 5.75. The van der Waals surface area contributed by atoms with Crippen molar-refractivity contribution in [3.63, 3.8) is 0 Å². The zero-order valence-electron chi connectivity index (χ0n) is 9.43. The second kappa shape index (κ2) is 4.67. The minimum Gasteiger partial charge on any atom is -0.264 e. The quantitative estimate of drug-likeness (QED) is 0.679. The van der Waals surface area contributed by atoms with Crippen LogP contribution in [0.25, 0.3) is 22.8 Å². The molecule has 18 heavy (non-hydrogen) atoms. The molecular weight excluding hydrogens is 226 g/mol. The van der Waals surface area contributed by atoms with Crippen LogP contribution in [0.1, 0.15) is 0 Å². The molecule has 3 aromatic rings. The molecule has 0 aliphatic heterocycles. The van der Waals surface area contributed by atoms with Gasteiger partial charge in [-0.2, -0.15) is 0 Å². The molecule has 0 amide bonds. The molecule has 0 aliphatic carbocycles. The summed E-state index contributed by atoms with van der Waals surface area (Å²) in [5.74, 6) is 1.26. The lowest BCUT2D eigenvalue weighted by Gasteiger charge is -2.05. The summed E-state index contributed by atoms with van der Waals surface area (Å²) in [7, 11) is 0. The molecule has 3 heterocycles. The van der Waals surface area contributed by atoms with Crippen molar-refractivity contribution in [3.05, 3.63) is 55.4 Å². The molecule has 0 bridgehead atoms. The SMILES string of the molecule is c1cnc(-c2ccncc2-c2ncccn2)nc1. The molecule has 0 radical (unpaired) electrons. The van der Waals surface area contributed by atoms with Gasteiger partial charge < -0.3 is 0 Å². The van der Waals surface area contributed by atoms with Crippen LogP contribution < -0.4 is 0 Å². The lowest BCUT2D eigenvalue weighted by atomic mass is 10.1. The summed E-state index contributed by atoms with van der Waals surface area (Å²) >= 11 is 0. The Bertz CT molecular complexity index is 581. The second-order valence-corrected chi connectivity index (χ2v) is 3.57. The van der Waals surface area contributed by atoms with Crippen LogP contribution in [-0.2, 0) is 0 Å². The normalized spacial score (nSPS) is 10.2. The van der Waals surface area contributed by atoms with E-state index in [1.165, 1.54) is 0 Å². The maximum atomic E-state index is 4.24. The molecule has 0 aliphatic rings. The first-order chi connectivity index (χ1) is 8.95. The molecule has 5 nitrogen and oxygen atoms in total. The number of rotatable bonds is 2. The molecule has 86 valence electrons. The predicted molar refractivity (Wildman–Crippen MR) is 66.3 cm³/mol. The largest absolute Gasteiger partial charge is 0.264 e. The summed E-state index contributed by atoms with van der Waals surface area (Å²) in [6, 6.07) is 5.42. The van der Waals surface area contributed by atoms with E-state index in [0.29, 0.717) is 11.6 Å². The first kappa shape index (κ1) is 10.5. The Labute approximate surface area is 104 Å². The molecule has 0 N–H and O–H groups in total. The Morgan fingerprint density at radius 1 is 0.611 bits per heavy atom. The topological polar surface area (TPSA) is 64.5 Å². The van der Waals surface area contributed by atoms with E-state index in [2.05, 4.69) is 24.9 Å². The Morgan fingerprint density at radius 2 is 1.17 bits per heavy atom. The van der Waals surface area contributed by atoms with Gasteiger partial charge in [-0.1, -0.05) is 0 Å². The molecule has 5 heteroatoms. The summed E-state index contributed by atoms with van der Waals surface area (Å²) in [5.41, 5.74) is 1.70. The minimum absolute atomic E-state index is 0.619. The van der Waals surface area contributed by atoms with Crippen molar-refractivity contribution in [2.45, 2.75) is 0 Å². The second-order valence-electron chi connectivity index (χ2n) is 3.57. The van der Waals surface area contributed by atoms with Crippen molar-refractivity contribution >= 4 is 0 Å². The van der Waals surface area contributed by atoms with Crippen molar-refractivity contribution in [3.8, 4) is 22.8 Å². The molecule has 0 saturated heterocycles. The molecular formula is C13H9N5. The maximum absolute atomic E-state index is 4.24. The molecule has 3 rings (SSSR count). The van der Waals surface area contributed by atoms with Crippen LogP contribution in [0.2, 0.25) is 0 Å². The van der Waals surface area contributed by atoms with E-state index >= 15 is 0 Å². The molecule has 3 aromatic heterocycles. The average molecular weight is 235 g/mol. The van der Waals surface area contributed by atoms with Crippen molar-refractivity contribution in [1.29, 1.82) is 0 Å². The van der Waals surface area contributed by atoms with E-state index in [-0.39, 0.29) is 0 Å². The van der Waals surface area contributed by atoms with Gasteiger partial charge in [0.05, 0.1) is 0 Å². The van der Waals surface area contributed by atoms with Gasteiger partial charge in [0.15, 0.2) is 11.6 Å². The summed E-state index contributed by atoms with van der Waals surface area (Å²) in [4.78, 5) is 21.1. The molecule has 0 spiro atoms. The van der Waals surface area contributed by atoms with Gasteiger partial charge in [0, 0.05) is 48.3 Å². The van der Waals surface area contributed by atoms with E-state index in [1.807, 2.05) is 6.07 Å². The maximum Gasteiger partial charge on any atom is 0.161 e. The van der Waals surface area contributed by atoms with Crippen LogP contribution in [-0.4, -0.2) is 24.9 Å².